The lowest BCUT2D eigenvalue weighted by atomic mass is 10.1. The molecule has 0 aromatic heterocycles. The summed E-state index contributed by atoms with van der Waals surface area (Å²) >= 11 is 1.34. The molecule has 0 bridgehead atoms. The molecule has 1 aromatic rings. The number of halogens is 1. The summed E-state index contributed by atoms with van der Waals surface area (Å²) in [4.78, 5) is 0. The Hall–Kier alpha value is -0.190. The Morgan fingerprint density at radius 2 is 1.92 bits per heavy atom. The van der Waals surface area contributed by atoms with E-state index in [2.05, 4.69) is 15.9 Å². The van der Waals surface area contributed by atoms with Gasteiger partial charge in [-0.05, 0) is 17.5 Å². The zero-order valence-electron chi connectivity index (χ0n) is 7.03. The summed E-state index contributed by atoms with van der Waals surface area (Å²) in [6.45, 7) is 0. The summed E-state index contributed by atoms with van der Waals surface area (Å²) in [7, 11) is 0. The lowest BCUT2D eigenvalue weighted by Gasteiger charge is -2.09. The minimum atomic E-state index is -2.00. The molecule has 0 fully saturated rings. The molecule has 1 atom stereocenters. The van der Waals surface area contributed by atoms with Crippen LogP contribution in [0.1, 0.15) is 11.1 Å². The molecule has 0 saturated carbocycles. The van der Waals surface area contributed by atoms with Crippen molar-refractivity contribution in [2.45, 2.75) is 12.2 Å². The summed E-state index contributed by atoms with van der Waals surface area (Å²) in [6.07, 6.45) is 0.868. The Balaban J connectivity index is 2.84. The summed E-state index contributed by atoms with van der Waals surface area (Å²) in [6, 6.07) is 7.60. The van der Waals surface area contributed by atoms with Gasteiger partial charge >= 0.3 is 0 Å². The number of rotatable bonds is 4. The van der Waals surface area contributed by atoms with Crippen LogP contribution in [0.15, 0.2) is 24.3 Å². The van der Waals surface area contributed by atoms with Crippen LogP contribution in [0.3, 0.4) is 0 Å². The SMILES string of the molecule is O=S([O-])Cc1ccccc1CCBr. The summed E-state index contributed by atoms with van der Waals surface area (Å²) in [5, 5.41) is 0.857. The molecule has 0 radical (unpaired) electrons. The monoisotopic (exact) mass is 261 g/mol. The van der Waals surface area contributed by atoms with Crippen LogP contribution in [0, 0.1) is 0 Å². The van der Waals surface area contributed by atoms with Gasteiger partial charge in [-0.1, -0.05) is 51.3 Å². The molecule has 4 heteroatoms. The van der Waals surface area contributed by atoms with Gasteiger partial charge in [-0.2, -0.15) is 0 Å². The van der Waals surface area contributed by atoms with Crippen molar-refractivity contribution >= 4 is 27.0 Å². The predicted octanol–water partition coefficient (Wildman–Crippen LogP) is 2.00. The fourth-order valence-corrected chi connectivity index (χ4v) is 2.13. The topological polar surface area (TPSA) is 40.1 Å². The first kappa shape index (κ1) is 10.9. The van der Waals surface area contributed by atoms with Crippen LogP contribution in [-0.2, 0) is 23.3 Å². The van der Waals surface area contributed by atoms with Crippen molar-refractivity contribution in [3.05, 3.63) is 35.4 Å². The van der Waals surface area contributed by atoms with Crippen molar-refractivity contribution < 1.29 is 8.76 Å². The largest absolute Gasteiger partial charge is 0.772 e. The summed E-state index contributed by atoms with van der Waals surface area (Å²) in [5.74, 6) is 0.114. The van der Waals surface area contributed by atoms with E-state index in [0.717, 1.165) is 22.9 Å². The van der Waals surface area contributed by atoms with Gasteiger partial charge < -0.3 is 4.55 Å². The van der Waals surface area contributed by atoms with Crippen molar-refractivity contribution in [1.29, 1.82) is 0 Å². The smallest absolute Gasteiger partial charge is 0.0355 e. The van der Waals surface area contributed by atoms with Crippen molar-refractivity contribution in [3.8, 4) is 0 Å². The van der Waals surface area contributed by atoms with Crippen LogP contribution < -0.4 is 0 Å². The third kappa shape index (κ3) is 3.58. The van der Waals surface area contributed by atoms with Crippen LogP contribution in [0.4, 0.5) is 0 Å². The maximum atomic E-state index is 10.5. The minimum absolute atomic E-state index is 0.114. The molecule has 0 spiro atoms. The number of hydrogen-bond acceptors (Lipinski definition) is 2. The van der Waals surface area contributed by atoms with Crippen LogP contribution in [0.5, 0.6) is 0 Å². The maximum Gasteiger partial charge on any atom is 0.0355 e. The Bertz CT molecular complexity index is 301. The van der Waals surface area contributed by atoms with Gasteiger partial charge in [0.05, 0.1) is 0 Å². The van der Waals surface area contributed by atoms with Crippen molar-refractivity contribution in [2.75, 3.05) is 5.33 Å². The molecule has 0 aliphatic carbocycles. The first-order valence-corrected chi connectivity index (χ1v) is 6.29. The van der Waals surface area contributed by atoms with E-state index in [4.69, 9.17) is 0 Å². The number of benzene rings is 1. The van der Waals surface area contributed by atoms with E-state index in [9.17, 15) is 8.76 Å². The average molecular weight is 262 g/mol. The predicted molar refractivity (Wildman–Crippen MR) is 56.6 cm³/mol. The number of aryl methyl sites for hydroxylation is 1. The zero-order valence-corrected chi connectivity index (χ0v) is 9.44. The van der Waals surface area contributed by atoms with Gasteiger partial charge in [0.1, 0.15) is 0 Å². The molecular weight excluding hydrogens is 252 g/mol. The van der Waals surface area contributed by atoms with Crippen molar-refractivity contribution in [3.63, 3.8) is 0 Å². The molecule has 0 saturated heterocycles. The Morgan fingerprint density at radius 3 is 2.46 bits per heavy atom. The van der Waals surface area contributed by atoms with E-state index in [1.165, 1.54) is 0 Å². The van der Waals surface area contributed by atoms with E-state index in [1.807, 2.05) is 24.3 Å². The molecule has 0 aliphatic heterocycles. The average Bonchev–Trinajstić information content (AvgIpc) is 2.08. The summed E-state index contributed by atoms with van der Waals surface area (Å²) in [5.41, 5.74) is 2.00. The Morgan fingerprint density at radius 1 is 1.31 bits per heavy atom. The highest BCUT2D eigenvalue weighted by Gasteiger charge is 2.00. The molecule has 72 valence electrons. The molecule has 1 unspecified atom stereocenters. The van der Waals surface area contributed by atoms with Crippen LogP contribution in [-0.4, -0.2) is 14.1 Å². The van der Waals surface area contributed by atoms with Gasteiger partial charge in [0.15, 0.2) is 0 Å². The molecule has 0 N–H and O–H groups in total. The molecule has 13 heavy (non-hydrogen) atoms. The molecule has 1 rings (SSSR count). The second-order valence-corrected chi connectivity index (χ2v) is 4.34. The molecule has 1 aromatic carbocycles. The van der Waals surface area contributed by atoms with Gasteiger partial charge in [-0.3, -0.25) is 4.21 Å². The van der Waals surface area contributed by atoms with Gasteiger partial charge in [0, 0.05) is 11.1 Å². The van der Waals surface area contributed by atoms with Crippen molar-refractivity contribution in [2.24, 2.45) is 0 Å². The second kappa shape index (κ2) is 5.52. The minimum Gasteiger partial charge on any atom is -0.772 e. The number of alkyl halides is 1. The molecule has 2 nitrogen and oxygen atoms in total. The molecular formula is C9H10BrO2S-. The van der Waals surface area contributed by atoms with E-state index >= 15 is 0 Å². The molecule has 0 aliphatic rings. The Kier molecular flexibility index (Phi) is 4.62. The normalized spacial score (nSPS) is 12.8. The Labute approximate surface area is 88.8 Å². The third-order valence-electron chi connectivity index (χ3n) is 1.76. The lowest BCUT2D eigenvalue weighted by molar-refractivity contribution is 0.536. The molecule has 0 amide bonds. The van der Waals surface area contributed by atoms with E-state index in [-0.39, 0.29) is 5.75 Å². The second-order valence-electron chi connectivity index (χ2n) is 2.66. The fourth-order valence-electron chi connectivity index (χ4n) is 1.17. The molecule has 0 heterocycles. The lowest BCUT2D eigenvalue weighted by Crippen LogP contribution is -1.99. The highest BCUT2D eigenvalue weighted by molar-refractivity contribution is 9.09. The van der Waals surface area contributed by atoms with Gasteiger partial charge in [-0.25, -0.2) is 0 Å². The van der Waals surface area contributed by atoms with Crippen LogP contribution in [0.25, 0.3) is 0 Å². The highest BCUT2D eigenvalue weighted by Crippen LogP contribution is 2.12. The highest BCUT2D eigenvalue weighted by atomic mass is 79.9. The summed E-state index contributed by atoms with van der Waals surface area (Å²) < 4.78 is 21.0. The first-order valence-electron chi connectivity index (χ1n) is 3.92. The van der Waals surface area contributed by atoms with E-state index in [1.54, 1.807) is 0 Å². The fraction of sp³-hybridized carbons (Fsp3) is 0.333. The van der Waals surface area contributed by atoms with Gasteiger partial charge in [0.2, 0.25) is 0 Å². The maximum absolute atomic E-state index is 10.5. The first-order chi connectivity index (χ1) is 6.24. The van der Waals surface area contributed by atoms with Gasteiger partial charge in [0.25, 0.3) is 0 Å². The zero-order chi connectivity index (χ0) is 9.68. The quantitative estimate of drug-likeness (QED) is 0.615. The standard InChI is InChI=1S/C9H11BrO2S/c10-6-5-8-3-1-2-4-9(8)7-13(11)12/h1-4H,5-7H2,(H,11,12)/p-1. The number of hydrogen-bond donors (Lipinski definition) is 0. The van der Waals surface area contributed by atoms with E-state index < -0.39 is 11.1 Å². The van der Waals surface area contributed by atoms with Crippen LogP contribution in [0.2, 0.25) is 0 Å². The third-order valence-corrected chi connectivity index (χ3v) is 2.70. The van der Waals surface area contributed by atoms with Gasteiger partial charge in [-0.15, -0.1) is 0 Å². The van der Waals surface area contributed by atoms with Crippen molar-refractivity contribution in [1.82, 2.24) is 0 Å². The van der Waals surface area contributed by atoms with E-state index in [0.29, 0.717) is 0 Å². The van der Waals surface area contributed by atoms with Crippen LogP contribution >= 0.6 is 15.9 Å².